The molecule has 0 aliphatic carbocycles. The van der Waals surface area contributed by atoms with Crippen molar-refractivity contribution < 1.29 is 9.18 Å². The molecular formula is C19H19Cl2FN2O. The van der Waals surface area contributed by atoms with Gasteiger partial charge in [-0.05, 0) is 55.3 Å². The van der Waals surface area contributed by atoms with E-state index in [9.17, 15) is 9.18 Å². The molecule has 2 aromatic rings. The van der Waals surface area contributed by atoms with Crippen molar-refractivity contribution in [3.05, 3.63) is 63.9 Å². The van der Waals surface area contributed by atoms with Crippen LogP contribution in [0.25, 0.3) is 0 Å². The van der Waals surface area contributed by atoms with E-state index in [2.05, 4.69) is 10.2 Å². The van der Waals surface area contributed by atoms with Crippen molar-refractivity contribution in [1.82, 2.24) is 4.90 Å². The molecule has 3 rings (SSSR count). The second-order valence-corrected chi connectivity index (χ2v) is 7.13. The zero-order valence-corrected chi connectivity index (χ0v) is 15.2. The molecular weight excluding hydrogens is 362 g/mol. The smallest absolute Gasteiger partial charge is 0.228 e. The van der Waals surface area contributed by atoms with E-state index < -0.39 is 0 Å². The van der Waals surface area contributed by atoms with Crippen molar-refractivity contribution in [2.45, 2.75) is 19.4 Å². The van der Waals surface area contributed by atoms with Gasteiger partial charge in [-0.25, -0.2) is 4.39 Å². The normalized spacial score (nSPS) is 18.1. The number of amides is 1. The number of anilines is 1. The molecule has 0 aromatic heterocycles. The Labute approximate surface area is 156 Å². The molecule has 0 saturated carbocycles. The first-order valence-electron chi connectivity index (χ1n) is 8.24. The van der Waals surface area contributed by atoms with E-state index in [4.69, 9.17) is 23.2 Å². The van der Waals surface area contributed by atoms with Crippen LogP contribution in [0, 0.1) is 11.7 Å². The number of nitrogens with one attached hydrogen (secondary N) is 1. The highest BCUT2D eigenvalue weighted by molar-refractivity contribution is 6.42. The third-order valence-electron chi connectivity index (χ3n) is 4.38. The first-order chi connectivity index (χ1) is 12.0. The molecule has 2 aromatic carbocycles. The third-order valence-corrected chi connectivity index (χ3v) is 5.12. The number of rotatable bonds is 4. The van der Waals surface area contributed by atoms with E-state index in [1.807, 2.05) is 0 Å². The van der Waals surface area contributed by atoms with Gasteiger partial charge in [-0.15, -0.1) is 0 Å². The first-order valence-corrected chi connectivity index (χ1v) is 8.99. The number of benzene rings is 2. The van der Waals surface area contributed by atoms with Gasteiger partial charge in [0.05, 0.1) is 16.0 Å². The van der Waals surface area contributed by atoms with Crippen LogP contribution in [0.4, 0.5) is 10.1 Å². The topological polar surface area (TPSA) is 32.3 Å². The Hall–Kier alpha value is -1.62. The zero-order valence-electron chi connectivity index (χ0n) is 13.6. The lowest BCUT2D eigenvalue weighted by Crippen LogP contribution is -2.40. The summed E-state index contributed by atoms with van der Waals surface area (Å²) in [6.45, 7) is 2.34. The fraction of sp³-hybridized carbons (Fsp3) is 0.316. The molecule has 0 radical (unpaired) electrons. The summed E-state index contributed by atoms with van der Waals surface area (Å²) in [7, 11) is 0. The molecule has 25 heavy (non-hydrogen) atoms. The average molecular weight is 381 g/mol. The molecule has 0 bridgehead atoms. The van der Waals surface area contributed by atoms with Crippen molar-refractivity contribution in [3.63, 3.8) is 0 Å². The Bertz CT molecular complexity index is 752. The molecule has 132 valence electrons. The highest BCUT2D eigenvalue weighted by atomic mass is 35.5. The van der Waals surface area contributed by atoms with E-state index >= 15 is 0 Å². The molecule has 1 N–H and O–H groups in total. The van der Waals surface area contributed by atoms with Gasteiger partial charge in [-0.1, -0.05) is 35.3 Å². The van der Waals surface area contributed by atoms with Gasteiger partial charge in [0.25, 0.3) is 0 Å². The molecule has 1 aliphatic heterocycles. The maximum atomic E-state index is 13.0. The quantitative estimate of drug-likeness (QED) is 0.810. The van der Waals surface area contributed by atoms with E-state index in [0.717, 1.165) is 31.5 Å². The highest BCUT2D eigenvalue weighted by Crippen LogP contribution is 2.26. The average Bonchev–Trinajstić information content (AvgIpc) is 2.60. The van der Waals surface area contributed by atoms with Crippen LogP contribution in [0.1, 0.15) is 18.4 Å². The largest absolute Gasteiger partial charge is 0.326 e. The Kier molecular flexibility index (Phi) is 5.94. The van der Waals surface area contributed by atoms with Crippen LogP contribution in [-0.4, -0.2) is 23.9 Å². The molecule has 1 heterocycles. The standard InChI is InChI=1S/C19H19Cl2FN2O/c20-17-8-7-16(10-18(17)21)23-19(25)14-2-1-9-24(12-14)11-13-3-5-15(22)6-4-13/h3-8,10,14H,1-2,9,11-12H2,(H,23,25). The number of hydrogen-bond donors (Lipinski definition) is 1. The van der Waals surface area contributed by atoms with Crippen LogP contribution in [0.3, 0.4) is 0 Å². The molecule has 0 spiro atoms. The number of piperidine rings is 1. The lowest BCUT2D eigenvalue weighted by Gasteiger charge is -2.32. The van der Waals surface area contributed by atoms with Gasteiger partial charge in [0, 0.05) is 18.8 Å². The monoisotopic (exact) mass is 380 g/mol. The van der Waals surface area contributed by atoms with Gasteiger partial charge in [-0.2, -0.15) is 0 Å². The van der Waals surface area contributed by atoms with Crippen LogP contribution in [-0.2, 0) is 11.3 Å². The zero-order chi connectivity index (χ0) is 17.8. The summed E-state index contributed by atoms with van der Waals surface area (Å²) in [6, 6.07) is 11.6. The van der Waals surface area contributed by atoms with Crippen molar-refractivity contribution in [2.75, 3.05) is 18.4 Å². The van der Waals surface area contributed by atoms with Crippen LogP contribution in [0.5, 0.6) is 0 Å². The molecule has 1 unspecified atom stereocenters. The van der Waals surface area contributed by atoms with Gasteiger partial charge >= 0.3 is 0 Å². The number of carbonyl (C=O) groups is 1. The molecule has 1 saturated heterocycles. The van der Waals surface area contributed by atoms with E-state index in [0.29, 0.717) is 22.3 Å². The van der Waals surface area contributed by atoms with Crippen molar-refractivity contribution in [2.24, 2.45) is 5.92 Å². The Balaban J connectivity index is 1.59. The van der Waals surface area contributed by atoms with Gasteiger partial charge in [0.1, 0.15) is 5.82 Å². The number of halogens is 3. The van der Waals surface area contributed by atoms with E-state index in [-0.39, 0.29) is 17.6 Å². The minimum absolute atomic E-state index is 0.0119. The summed E-state index contributed by atoms with van der Waals surface area (Å²) in [5, 5.41) is 3.79. The predicted molar refractivity (Wildman–Crippen MR) is 99.5 cm³/mol. The van der Waals surface area contributed by atoms with Crippen LogP contribution in [0.15, 0.2) is 42.5 Å². The summed E-state index contributed by atoms with van der Waals surface area (Å²) in [4.78, 5) is 14.8. The molecule has 3 nitrogen and oxygen atoms in total. The van der Waals surface area contributed by atoms with E-state index in [1.54, 1.807) is 30.3 Å². The Morgan fingerprint density at radius 2 is 1.92 bits per heavy atom. The fourth-order valence-electron chi connectivity index (χ4n) is 3.08. The van der Waals surface area contributed by atoms with Gasteiger partial charge in [0.2, 0.25) is 5.91 Å². The second kappa shape index (κ2) is 8.17. The molecule has 1 fully saturated rings. The van der Waals surface area contributed by atoms with Crippen molar-refractivity contribution in [1.29, 1.82) is 0 Å². The number of nitrogens with zero attached hydrogens (tertiary/aromatic N) is 1. The van der Waals surface area contributed by atoms with Crippen LogP contribution < -0.4 is 5.32 Å². The molecule has 1 amide bonds. The first kappa shape index (κ1) is 18.2. The second-order valence-electron chi connectivity index (χ2n) is 6.32. The van der Waals surface area contributed by atoms with Crippen LogP contribution in [0.2, 0.25) is 10.0 Å². The van der Waals surface area contributed by atoms with Crippen LogP contribution >= 0.6 is 23.2 Å². The minimum atomic E-state index is -0.235. The minimum Gasteiger partial charge on any atom is -0.326 e. The summed E-state index contributed by atoms with van der Waals surface area (Å²) >= 11 is 11.9. The SMILES string of the molecule is O=C(Nc1ccc(Cl)c(Cl)c1)C1CCCN(Cc2ccc(F)cc2)C1. The Morgan fingerprint density at radius 3 is 2.64 bits per heavy atom. The molecule has 1 atom stereocenters. The lowest BCUT2D eigenvalue weighted by atomic mass is 9.96. The highest BCUT2D eigenvalue weighted by Gasteiger charge is 2.26. The number of hydrogen-bond acceptors (Lipinski definition) is 2. The maximum absolute atomic E-state index is 13.0. The summed E-state index contributed by atoms with van der Waals surface area (Å²) < 4.78 is 13.0. The maximum Gasteiger partial charge on any atom is 0.228 e. The Morgan fingerprint density at radius 1 is 1.16 bits per heavy atom. The summed E-state index contributed by atoms with van der Waals surface area (Å²) in [5.41, 5.74) is 1.70. The molecule has 6 heteroatoms. The molecule has 1 aliphatic rings. The van der Waals surface area contributed by atoms with Gasteiger partial charge in [-0.3, -0.25) is 9.69 Å². The van der Waals surface area contributed by atoms with Gasteiger partial charge in [0.15, 0.2) is 0 Å². The number of carbonyl (C=O) groups excluding carboxylic acids is 1. The number of likely N-dealkylation sites (tertiary alicyclic amines) is 1. The van der Waals surface area contributed by atoms with Crippen molar-refractivity contribution in [3.8, 4) is 0 Å². The van der Waals surface area contributed by atoms with Crippen molar-refractivity contribution >= 4 is 34.8 Å². The summed E-state index contributed by atoms with van der Waals surface area (Å²) in [5.74, 6) is -0.327. The fourth-order valence-corrected chi connectivity index (χ4v) is 3.38. The lowest BCUT2D eigenvalue weighted by molar-refractivity contribution is -0.121. The third kappa shape index (κ3) is 4.94. The predicted octanol–water partition coefficient (Wildman–Crippen LogP) is 4.98. The van der Waals surface area contributed by atoms with E-state index in [1.165, 1.54) is 12.1 Å². The van der Waals surface area contributed by atoms with Gasteiger partial charge < -0.3 is 5.32 Å². The summed E-state index contributed by atoms with van der Waals surface area (Å²) in [6.07, 6.45) is 1.81.